The Labute approximate surface area is 122 Å². The molecular formula is C15H18FN3S. The lowest BCUT2D eigenvalue weighted by Gasteiger charge is -2.09. The molecule has 3 nitrogen and oxygen atoms in total. The molecule has 0 unspecified atom stereocenters. The topological polar surface area (TPSA) is 51.8 Å². The van der Waals surface area contributed by atoms with Crippen LogP contribution in [0, 0.1) is 26.6 Å². The predicted molar refractivity (Wildman–Crippen MR) is 79.4 cm³/mol. The SMILES string of the molecule is Cc1nc(Sc2ccc([C@H](C)N)cc2F)nc(C)c1C. The number of hydrogen-bond donors (Lipinski definition) is 1. The summed E-state index contributed by atoms with van der Waals surface area (Å²) >= 11 is 1.23. The second kappa shape index (κ2) is 5.89. The zero-order valence-electron chi connectivity index (χ0n) is 12.1. The first-order valence-electron chi connectivity index (χ1n) is 6.43. The standard InChI is InChI=1S/C15H18FN3S/c1-8-10(3)18-15(19-11(8)4)20-14-6-5-12(9(2)17)7-13(14)16/h5-7,9H,17H2,1-4H3/t9-/m0/s1. The van der Waals surface area contributed by atoms with Crippen LogP contribution in [0.5, 0.6) is 0 Å². The third-order valence-corrected chi connectivity index (χ3v) is 4.21. The van der Waals surface area contributed by atoms with Gasteiger partial charge in [0, 0.05) is 17.4 Å². The van der Waals surface area contributed by atoms with Crippen LogP contribution in [0.15, 0.2) is 28.3 Å². The van der Waals surface area contributed by atoms with Crippen LogP contribution in [0.4, 0.5) is 4.39 Å². The van der Waals surface area contributed by atoms with E-state index in [0.717, 1.165) is 22.5 Å². The lowest BCUT2D eigenvalue weighted by atomic mass is 10.1. The summed E-state index contributed by atoms with van der Waals surface area (Å²) < 4.78 is 14.0. The van der Waals surface area contributed by atoms with E-state index in [9.17, 15) is 4.39 Å². The molecule has 1 aromatic carbocycles. The molecule has 106 valence electrons. The summed E-state index contributed by atoms with van der Waals surface area (Å²) in [5.74, 6) is -0.288. The number of nitrogens with zero attached hydrogens (tertiary/aromatic N) is 2. The summed E-state index contributed by atoms with van der Waals surface area (Å²) in [4.78, 5) is 9.29. The molecule has 0 saturated heterocycles. The van der Waals surface area contributed by atoms with Gasteiger partial charge in [-0.05, 0) is 62.7 Å². The van der Waals surface area contributed by atoms with Crippen molar-refractivity contribution in [3.63, 3.8) is 0 Å². The van der Waals surface area contributed by atoms with Crippen molar-refractivity contribution >= 4 is 11.8 Å². The van der Waals surface area contributed by atoms with E-state index in [1.165, 1.54) is 17.8 Å². The van der Waals surface area contributed by atoms with Gasteiger partial charge >= 0.3 is 0 Å². The molecule has 2 N–H and O–H groups in total. The Kier molecular flexibility index (Phi) is 4.40. The van der Waals surface area contributed by atoms with Gasteiger partial charge in [-0.3, -0.25) is 0 Å². The monoisotopic (exact) mass is 291 g/mol. The van der Waals surface area contributed by atoms with Crippen molar-refractivity contribution in [3.05, 3.63) is 46.5 Å². The summed E-state index contributed by atoms with van der Waals surface area (Å²) in [7, 11) is 0. The summed E-state index contributed by atoms with van der Waals surface area (Å²) in [5.41, 5.74) is 9.44. The van der Waals surface area contributed by atoms with Crippen molar-refractivity contribution in [2.45, 2.75) is 43.8 Å². The molecule has 1 aromatic heterocycles. The molecule has 0 radical (unpaired) electrons. The molecule has 0 amide bonds. The van der Waals surface area contributed by atoms with Gasteiger partial charge in [-0.1, -0.05) is 6.07 Å². The first-order chi connectivity index (χ1) is 9.38. The zero-order valence-corrected chi connectivity index (χ0v) is 12.9. The average Bonchev–Trinajstić information content (AvgIpc) is 2.38. The number of aryl methyl sites for hydroxylation is 2. The molecule has 0 aliphatic heterocycles. The summed E-state index contributed by atoms with van der Waals surface area (Å²) in [6.07, 6.45) is 0. The Morgan fingerprint density at radius 3 is 2.25 bits per heavy atom. The minimum absolute atomic E-state index is 0.177. The fourth-order valence-electron chi connectivity index (χ4n) is 1.77. The third kappa shape index (κ3) is 3.16. The molecular weight excluding hydrogens is 273 g/mol. The van der Waals surface area contributed by atoms with Crippen LogP contribution in [0.3, 0.4) is 0 Å². The van der Waals surface area contributed by atoms with Crippen molar-refractivity contribution in [1.82, 2.24) is 9.97 Å². The van der Waals surface area contributed by atoms with E-state index in [1.54, 1.807) is 6.07 Å². The van der Waals surface area contributed by atoms with E-state index < -0.39 is 0 Å². The number of hydrogen-bond acceptors (Lipinski definition) is 4. The van der Waals surface area contributed by atoms with Crippen LogP contribution in [-0.2, 0) is 0 Å². The number of aromatic nitrogens is 2. The number of halogens is 1. The van der Waals surface area contributed by atoms with Gasteiger partial charge in [0.25, 0.3) is 0 Å². The maximum atomic E-state index is 14.0. The molecule has 2 rings (SSSR count). The van der Waals surface area contributed by atoms with Crippen LogP contribution in [-0.4, -0.2) is 9.97 Å². The molecule has 0 bridgehead atoms. The van der Waals surface area contributed by atoms with E-state index >= 15 is 0 Å². The minimum atomic E-state index is -0.288. The van der Waals surface area contributed by atoms with E-state index in [0.29, 0.717) is 10.1 Å². The molecule has 5 heteroatoms. The Balaban J connectivity index is 2.31. The highest BCUT2D eigenvalue weighted by molar-refractivity contribution is 7.99. The molecule has 1 atom stereocenters. The quantitative estimate of drug-likeness (QED) is 0.876. The second-order valence-electron chi connectivity index (χ2n) is 4.88. The molecule has 0 saturated carbocycles. The Hall–Kier alpha value is -1.46. The van der Waals surface area contributed by atoms with E-state index in [1.807, 2.05) is 33.8 Å². The molecule has 1 heterocycles. The van der Waals surface area contributed by atoms with E-state index in [-0.39, 0.29) is 11.9 Å². The third-order valence-electron chi connectivity index (χ3n) is 3.30. The minimum Gasteiger partial charge on any atom is -0.324 e. The van der Waals surface area contributed by atoms with Crippen molar-refractivity contribution in [3.8, 4) is 0 Å². The Bertz CT molecular complexity index is 618. The Morgan fingerprint density at radius 1 is 1.15 bits per heavy atom. The summed E-state index contributed by atoms with van der Waals surface area (Å²) in [5, 5.41) is 0.568. The van der Waals surface area contributed by atoms with Crippen molar-refractivity contribution in [1.29, 1.82) is 0 Å². The van der Waals surface area contributed by atoms with Gasteiger partial charge in [-0.15, -0.1) is 0 Å². The van der Waals surface area contributed by atoms with Gasteiger partial charge < -0.3 is 5.73 Å². The Morgan fingerprint density at radius 2 is 1.75 bits per heavy atom. The molecule has 0 aliphatic carbocycles. The van der Waals surface area contributed by atoms with Gasteiger partial charge in [0.05, 0.1) is 4.90 Å². The van der Waals surface area contributed by atoms with Gasteiger partial charge in [-0.25, -0.2) is 14.4 Å². The van der Waals surface area contributed by atoms with Crippen LogP contribution >= 0.6 is 11.8 Å². The molecule has 20 heavy (non-hydrogen) atoms. The smallest absolute Gasteiger partial charge is 0.192 e. The predicted octanol–water partition coefficient (Wildman–Crippen LogP) is 3.71. The van der Waals surface area contributed by atoms with Gasteiger partial charge in [0.15, 0.2) is 5.16 Å². The fraction of sp³-hybridized carbons (Fsp3) is 0.333. The summed E-state index contributed by atoms with van der Waals surface area (Å²) in [6, 6.07) is 4.86. The molecule has 0 aliphatic rings. The van der Waals surface area contributed by atoms with E-state index in [4.69, 9.17) is 5.73 Å². The van der Waals surface area contributed by atoms with Crippen molar-refractivity contribution < 1.29 is 4.39 Å². The first kappa shape index (κ1) is 14.9. The van der Waals surface area contributed by atoms with Crippen molar-refractivity contribution in [2.75, 3.05) is 0 Å². The first-order valence-corrected chi connectivity index (χ1v) is 7.25. The average molecular weight is 291 g/mol. The van der Waals surface area contributed by atoms with Gasteiger partial charge in [0.1, 0.15) is 5.82 Å². The van der Waals surface area contributed by atoms with Crippen molar-refractivity contribution in [2.24, 2.45) is 5.73 Å². The molecule has 0 spiro atoms. The largest absolute Gasteiger partial charge is 0.324 e. The number of rotatable bonds is 3. The highest BCUT2D eigenvalue weighted by atomic mass is 32.2. The number of benzene rings is 1. The second-order valence-corrected chi connectivity index (χ2v) is 5.89. The van der Waals surface area contributed by atoms with E-state index in [2.05, 4.69) is 9.97 Å². The van der Waals surface area contributed by atoms with Gasteiger partial charge in [0.2, 0.25) is 0 Å². The zero-order chi connectivity index (χ0) is 14.9. The maximum Gasteiger partial charge on any atom is 0.192 e. The molecule has 2 aromatic rings. The van der Waals surface area contributed by atoms with Crippen LogP contribution < -0.4 is 5.73 Å². The normalized spacial score (nSPS) is 12.5. The summed E-state index contributed by atoms with van der Waals surface area (Å²) in [6.45, 7) is 7.68. The lowest BCUT2D eigenvalue weighted by Crippen LogP contribution is -2.05. The van der Waals surface area contributed by atoms with Crippen LogP contribution in [0.25, 0.3) is 0 Å². The van der Waals surface area contributed by atoms with Gasteiger partial charge in [-0.2, -0.15) is 0 Å². The lowest BCUT2D eigenvalue weighted by molar-refractivity contribution is 0.596. The fourth-order valence-corrected chi connectivity index (χ4v) is 2.62. The van der Waals surface area contributed by atoms with Crippen LogP contribution in [0.2, 0.25) is 0 Å². The highest BCUT2D eigenvalue weighted by Crippen LogP contribution is 2.29. The number of nitrogens with two attached hydrogens (primary N) is 1. The molecule has 0 fully saturated rings. The highest BCUT2D eigenvalue weighted by Gasteiger charge is 2.11. The maximum absolute atomic E-state index is 14.0. The van der Waals surface area contributed by atoms with Crippen LogP contribution in [0.1, 0.15) is 35.5 Å².